The van der Waals surface area contributed by atoms with Crippen molar-refractivity contribution < 1.29 is 48.9 Å². The van der Waals surface area contributed by atoms with Gasteiger partial charge in [-0.15, -0.1) is 11.8 Å². The molecule has 20 heteroatoms. The van der Waals surface area contributed by atoms with Crippen LogP contribution in [0.5, 0.6) is 0 Å². The molecular weight excluding hydrogens is 739 g/mol. The molecule has 1 aromatic carbocycles. The molecule has 3 aliphatic rings. The molecule has 0 radical (unpaired) electrons. The summed E-state index contributed by atoms with van der Waals surface area (Å²) in [7, 11) is 0. The third kappa shape index (κ3) is 11.3. The van der Waals surface area contributed by atoms with E-state index >= 15 is 0 Å². The highest BCUT2D eigenvalue weighted by molar-refractivity contribution is 8.00. The fourth-order valence-corrected chi connectivity index (χ4v) is 7.55. The molecule has 0 aromatic heterocycles. The van der Waals surface area contributed by atoms with E-state index in [4.69, 9.17) is 5.73 Å². The van der Waals surface area contributed by atoms with Gasteiger partial charge < -0.3 is 63.2 Å². The molecule has 0 bridgehead atoms. The number of hydrogen-bond acceptors (Lipinski definition) is 13. The first kappa shape index (κ1) is 43.2. The van der Waals surface area contributed by atoms with E-state index in [0.29, 0.717) is 6.42 Å². The van der Waals surface area contributed by atoms with Crippen LogP contribution >= 0.6 is 11.8 Å². The SMILES string of the molecule is CC1NC(=O)[C@H](C[C@@](C)(O)CN)NC(=O)[C@H](C)NC(=O)[C@H](C)NC(=O)C2C[C@@H](O)CN2C(=O)C(CS[C@@H]2Cc3ccccc3N2)NC(=O)C([C@H](C)O)NC1=O. The summed E-state index contributed by atoms with van der Waals surface area (Å²) in [5.41, 5.74) is 6.00. The number of rotatable bonds is 7. The van der Waals surface area contributed by atoms with E-state index in [1.807, 2.05) is 24.3 Å². The topological polar surface area (TPSA) is 294 Å². The van der Waals surface area contributed by atoms with Gasteiger partial charge in [-0.2, -0.15) is 0 Å². The summed E-state index contributed by atoms with van der Waals surface area (Å²) in [6, 6.07) is -1.79. The van der Waals surface area contributed by atoms with Crippen LogP contribution in [0, 0.1) is 0 Å². The number of nitrogens with zero attached hydrogens (tertiary/aromatic N) is 1. The summed E-state index contributed by atoms with van der Waals surface area (Å²) < 4.78 is 0. The van der Waals surface area contributed by atoms with Crippen molar-refractivity contribution in [3.05, 3.63) is 29.8 Å². The number of anilines is 1. The van der Waals surface area contributed by atoms with Crippen LogP contribution in [0.15, 0.2) is 24.3 Å². The second-order valence-corrected chi connectivity index (χ2v) is 15.9. The second kappa shape index (κ2) is 18.4. The fourth-order valence-electron chi connectivity index (χ4n) is 6.39. The molecule has 19 nitrogen and oxygen atoms in total. The third-order valence-corrected chi connectivity index (χ3v) is 10.9. The monoisotopic (exact) mass is 791 g/mol. The first-order valence-electron chi connectivity index (χ1n) is 18.2. The molecule has 3 aliphatic heterocycles. The maximum Gasteiger partial charge on any atom is 0.246 e. The quantitative estimate of drug-likeness (QED) is 0.126. The number of para-hydroxylation sites is 1. The second-order valence-electron chi connectivity index (χ2n) is 14.7. The summed E-state index contributed by atoms with van der Waals surface area (Å²) >= 11 is 1.32. The highest BCUT2D eigenvalue weighted by Crippen LogP contribution is 2.31. The highest BCUT2D eigenvalue weighted by atomic mass is 32.2. The molecule has 1 aromatic rings. The minimum atomic E-state index is -1.64. The van der Waals surface area contributed by atoms with Gasteiger partial charge in [0.15, 0.2) is 0 Å². The number of hydrogen-bond donors (Lipinski definition) is 11. The van der Waals surface area contributed by atoms with Crippen molar-refractivity contribution in [3.63, 3.8) is 0 Å². The summed E-state index contributed by atoms with van der Waals surface area (Å²) in [6.07, 6.45) is -2.54. The maximum atomic E-state index is 14.2. The Morgan fingerprint density at radius 2 is 1.38 bits per heavy atom. The van der Waals surface area contributed by atoms with Crippen molar-refractivity contribution >= 4 is 58.8 Å². The maximum absolute atomic E-state index is 14.2. The summed E-state index contributed by atoms with van der Waals surface area (Å²) in [5.74, 6) is -5.90. The van der Waals surface area contributed by atoms with Gasteiger partial charge in [-0.25, -0.2) is 0 Å². The number of fused-ring (bicyclic) bond motifs is 2. The van der Waals surface area contributed by atoms with Crippen LogP contribution in [-0.4, -0.2) is 146 Å². The van der Waals surface area contributed by atoms with Gasteiger partial charge in [0.2, 0.25) is 41.4 Å². The molecule has 304 valence electrons. The Balaban J connectivity index is 1.66. The fraction of sp³-hybridized carbons (Fsp3) is 0.629. The van der Waals surface area contributed by atoms with Crippen molar-refractivity contribution in [3.8, 4) is 0 Å². The van der Waals surface area contributed by atoms with Gasteiger partial charge in [-0.05, 0) is 46.2 Å². The number of amides is 7. The van der Waals surface area contributed by atoms with Crippen LogP contribution in [0.4, 0.5) is 5.69 Å². The van der Waals surface area contributed by atoms with Crippen LogP contribution in [-0.2, 0) is 40.0 Å². The molecule has 4 unspecified atom stereocenters. The number of benzene rings is 1. The van der Waals surface area contributed by atoms with Gasteiger partial charge in [0, 0.05) is 43.8 Å². The normalized spacial score (nSPS) is 31.8. The van der Waals surface area contributed by atoms with Crippen molar-refractivity contribution in [2.75, 3.05) is 24.2 Å². The molecule has 12 N–H and O–H groups in total. The molecular formula is C35H53N9O10S. The van der Waals surface area contributed by atoms with Crippen LogP contribution in [0.2, 0.25) is 0 Å². The van der Waals surface area contributed by atoms with Crippen LogP contribution in [0.1, 0.15) is 53.0 Å². The number of thioether (sulfide) groups is 1. The number of carbonyl (C=O) groups is 7. The van der Waals surface area contributed by atoms with E-state index in [1.54, 1.807) is 0 Å². The number of aliphatic hydroxyl groups is 3. The van der Waals surface area contributed by atoms with E-state index in [9.17, 15) is 48.9 Å². The lowest BCUT2D eigenvalue weighted by atomic mass is 9.96. The van der Waals surface area contributed by atoms with E-state index in [1.165, 1.54) is 46.4 Å². The average molecular weight is 792 g/mol. The Morgan fingerprint density at radius 3 is 2.00 bits per heavy atom. The minimum Gasteiger partial charge on any atom is -0.391 e. The van der Waals surface area contributed by atoms with Crippen molar-refractivity contribution in [1.29, 1.82) is 0 Å². The Hall–Kier alpha value is -4.50. The molecule has 2 fully saturated rings. The predicted molar refractivity (Wildman–Crippen MR) is 201 cm³/mol. The predicted octanol–water partition coefficient (Wildman–Crippen LogP) is -3.86. The largest absolute Gasteiger partial charge is 0.391 e. The molecule has 0 saturated carbocycles. The van der Waals surface area contributed by atoms with Gasteiger partial charge >= 0.3 is 0 Å². The first-order valence-corrected chi connectivity index (χ1v) is 19.2. The molecule has 0 spiro atoms. The van der Waals surface area contributed by atoms with Gasteiger partial charge in [0.1, 0.15) is 42.3 Å². The zero-order valence-electron chi connectivity index (χ0n) is 31.5. The lowest BCUT2D eigenvalue weighted by Gasteiger charge is -2.31. The molecule has 0 aliphatic carbocycles. The van der Waals surface area contributed by atoms with E-state index in [2.05, 4.69) is 37.2 Å². The number of nitrogens with one attached hydrogen (secondary N) is 7. The highest BCUT2D eigenvalue weighted by Gasteiger charge is 2.43. The zero-order valence-corrected chi connectivity index (χ0v) is 32.3. The molecule has 55 heavy (non-hydrogen) atoms. The minimum absolute atomic E-state index is 0.0181. The van der Waals surface area contributed by atoms with Crippen LogP contribution < -0.4 is 43.0 Å². The smallest absolute Gasteiger partial charge is 0.246 e. The number of aliphatic hydroxyl groups excluding tert-OH is 2. The van der Waals surface area contributed by atoms with E-state index in [-0.39, 0.29) is 37.1 Å². The molecule has 2 saturated heterocycles. The molecule has 11 atom stereocenters. The molecule has 4 rings (SSSR count). The summed E-state index contributed by atoms with van der Waals surface area (Å²) in [6.45, 7) is 6.01. The van der Waals surface area contributed by atoms with Crippen molar-refractivity contribution in [1.82, 2.24) is 36.8 Å². The Kier molecular flexibility index (Phi) is 14.5. The van der Waals surface area contributed by atoms with Gasteiger partial charge in [-0.3, -0.25) is 33.6 Å². The van der Waals surface area contributed by atoms with Crippen molar-refractivity contribution in [2.45, 2.75) is 119 Å². The van der Waals surface area contributed by atoms with Gasteiger partial charge in [0.05, 0.1) is 23.2 Å². The lowest BCUT2D eigenvalue weighted by molar-refractivity contribution is -0.142. The summed E-state index contributed by atoms with van der Waals surface area (Å²) in [4.78, 5) is 95.8. The Labute approximate surface area is 323 Å². The third-order valence-electron chi connectivity index (χ3n) is 9.72. The lowest BCUT2D eigenvalue weighted by Crippen LogP contribution is -2.61. The zero-order chi connectivity index (χ0) is 40.8. The van der Waals surface area contributed by atoms with E-state index < -0.39 is 101 Å². The summed E-state index contributed by atoms with van der Waals surface area (Å²) in [5, 5.41) is 50.0. The van der Waals surface area contributed by atoms with Gasteiger partial charge in [-0.1, -0.05) is 18.2 Å². The van der Waals surface area contributed by atoms with E-state index in [0.717, 1.165) is 16.2 Å². The van der Waals surface area contributed by atoms with Crippen molar-refractivity contribution in [2.24, 2.45) is 5.73 Å². The Morgan fingerprint density at radius 1 is 0.818 bits per heavy atom. The number of carbonyl (C=O) groups excluding carboxylic acids is 7. The standard InChI is InChI=1S/C35H53N9O10S/c1-16-28(47)37-17(2)29(48)41-23(12-35(5,54)15-36)31(50)38-18(3)30(49)43-27(19(4)45)33(52)42-24(14-55-26-10-20-8-6-7-9-22(20)40-26)34(53)44-13-21(46)11-25(44)32(51)39-16/h6-9,16-19,21,23-27,40,45-46,54H,10-15,36H2,1-5H3,(H,37,47)(H,38,50)(H,39,51)(H,41,48)(H,42,52)(H,43,49)/t16-,17-,18?,19-,21+,23-,24?,25?,26+,27?,35+/m0/s1. The van der Waals surface area contributed by atoms with Crippen LogP contribution in [0.25, 0.3) is 0 Å². The molecule has 3 heterocycles. The number of nitrogens with two attached hydrogens (primary N) is 1. The van der Waals surface area contributed by atoms with Gasteiger partial charge in [0.25, 0.3) is 0 Å². The molecule has 7 amide bonds. The average Bonchev–Trinajstić information content (AvgIpc) is 3.73. The Bertz CT molecular complexity index is 1610. The first-order chi connectivity index (χ1) is 25.8. The van der Waals surface area contributed by atoms with Crippen LogP contribution in [0.3, 0.4) is 0 Å².